The second-order valence-corrected chi connectivity index (χ2v) is 4.81. The molecule has 1 atom stereocenters. The standard InChI is InChI=1S/C15H12N6/c1-9-13(17-3)14(12-6-4-11(8-16)5-7-12)21-15(18-9)19-10(2)20-21/h4-7,14H,1-2H3,(H,18,19,20). The molecule has 1 N–H and O–H groups in total. The van der Waals surface area contributed by atoms with Gasteiger partial charge in [-0.25, -0.2) is 9.53 Å². The predicted octanol–water partition coefficient (Wildman–Crippen LogP) is 2.62. The van der Waals surface area contributed by atoms with Gasteiger partial charge >= 0.3 is 0 Å². The molecule has 0 amide bonds. The number of allylic oxidation sites excluding steroid dienone is 2. The van der Waals surface area contributed by atoms with Crippen molar-refractivity contribution in [3.8, 4) is 6.07 Å². The summed E-state index contributed by atoms with van der Waals surface area (Å²) in [6.07, 6.45) is 0. The van der Waals surface area contributed by atoms with Crippen molar-refractivity contribution in [3.63, 3.8) is 0 Å². The topological polar surface area (TPSA) is 70.9 Å². The fourth-order valence-electron chi connectivity index (χ4n) is 2.43. The van der Waals surface area contributed by atoms with Crippen molar-refractivity contribution >= 4 is 5.95 Å². The molecule has 0 aliphatic carbocycles. The first-order chi connectivity index (χ1) is 10.1. The van der Waals surface area contributed by atoms with E-state index in [1.165, 1.54) is 0 Å². The normalized spacial score (nSPS) is 16.7. The van der Waals surface area contributed by atoms with Crippen LogP contribution in [-0.4, -0.2) is 14.8 Å². The Morgan fingerprint density at radius 1 is 1.33 bits per heavy atom. The zero-order valence-electron chi connectivity index (χ0n) is 11.6. The van der Waals surface area contributed by atoms with Gasteiger partial charge in [-0.05, 0) is 31.5 Å². The van der Waals surface area contributed by atoms with E-state index in [1.54, 1.807) is 16.8 Å². The molecule has 2 aromatic rings. The van der Waals surface area contributed by atoms with Gasteiger partial charge < -0.3 is 5.32 Å². The number of hydrogen-bond acceptors (Lipinski definition) is 4. The largest absolute Gasteiger partial charge is 0.338 e. The van der Waals surface area contributed by atoms with Crippen LogP contribution >= 0.6 is 0 Å². The van der Waals surface area contributed by atoms with Crippen LogP contribution in [0.15, 0.2) is 35.7 Å². The Kier molecular flexibility index (Phi) is 2.93. The summed E-state index contributed by atoms with van der Waals surface area (Å²) in [5.41, 5.74) is 2.86. The van der Waals surface area contributed by atoms with Gasteiger partial charge in [-0.15, -0.1) is 0 Å². The van der Waals surface area contributed by atoms with Crippen LogP contribution in [0.4, 0.5) is 5.95 Å². The highest BCUT2D eigenvalue weighted by Gasteiger charge is 2.30. The van der Waals surface area contributed by atoms with Crippen LogP contribution in [0.2, 0.25) is 0 Å². The van der Waals surface area contributed by atoms with Crippen molar-refractivity contribution in [1.29, 1.82) is 5.26 Å². The Labute approximate surface area is 122 Å². The minimum absolute atomic E-state index is 0.312. The molecule has 1 unspecified atom stereocenters. The first kappa shape index (κ1) is 12.9. The summed E-state index contributed by atoms with van der Waals surface area (Å²) in [6, 6.07) is 8.99. The minimum atomic E-state index is -0.312. The quantitative estimate of drug-likeness (QED) is 0.813. The number of rotatable bonds is 1. The third kappa shape index (κ3) is 2.03. The van der Waals surface area contributed by atoms with E-state index in [0.717, 1.165) is 11.3 Å². The molecule has 0 saturated heterocycles. The van der Waals surface area contributed by atoms with Gasteiger partial charge in [-0.2, -0.15) is 15.3 Å². The van der Waals surface area contributed by atoms with E-state index in [4.69, 9.17) is 11.8 Å². The molecule has 1 aromatic carbocycles. The second-order valence-electron chi connectivity index (χ2n) is 4.81. The summed E-state index contributed by atoms with van der Waals surface area (Å²) in [5, 5.41) is 16.4. The molecule has 21 heavy (non-hydrogen) atoms. The Morgan fingerprint density at radius 3 is 2.67 bits per heavy atom. The first-order valence-corrected chi connectivity index (χ1v) is 6.42. The van der Waals surface area contributed by atoms with E-state index in [2.05, 4.69) is 26.3 Å². The summed E-state index contributed by atoms with van der Waals surface area (Å²) in [6.45, 7) is 11.1. The van der Waals surface area contributed by atoms with E-state index in [-0.39, 0.29) is 6.04 Å². The molecule has 0 spiro atoms. The number of aryl methyl sites for hydroxylation is 1. The lowest BCUT2D eigenvalue weighted by molar-refractivity contribution is 0.580. The van der Waals surface area contributed by atoms with Crippen molar-refractivity contribution < 1.29 is 0 Å². The number of hydrogen-bond donors (Lipinski definition) is 1. The molecule has 0 fully saturated rings. The van der Waals surface area contributed by atoms with E-state index in [9.17, 15) is 0 Å². The van der Waals surface area contributed by atoms with E-state index in [0.29, 0.717) is 23.0 Å². The molecular formula is C15H12N6. The van der Waals surface area contributed by atoms with E-state index in [1.807, 2.05) is 26.0 Å². The highest BCUT2D eigenvalue weighted by Crippen LogP contribution is 2.35. The fourth-order valence-corrected chi connectivity index (χ4v) is 2.43. The maximum absolute atomic E-state index is 8.89. The molecule has 1 aliphatic heterocycles. The summed E-state index contributed by atoms with van der Waals surface area (Å²) >= 11 is 0. The molecule has 1 aromatic heterocycles. The van der Waals surface area contributed by atoms with Crippen LogP contribution in [0.25, 0.3) is 4.85 Å². The van der Waals surface area contributed by atoms with Gasteiger partial charge in [0.25, 0.3) is 0 Å². The lowest BCUT2D eigenvalue weighted by atomic mass is 10.0. The lowest BCUT2D eigenvalue weighted by Crippen LogP contribution is -2.23. The lowest BCUT2D eigenvalue weighted by Gasteiger charge is -2.25. The smallest absolute Gasteiger partial charge is 0.224 e. The van der Waals surface area contributed by atoms with Crippen LogP contribution in [0, 0.1) is 24.8 Å². The number of nitrogens with one attached hydrogen (secondary N) is 1. The van der Waals surface area contributed by atoms with Gasteiger partial charge in [0.1, 0.15) is 11.9 Å². The van der Waals surface area contributed by atoms with Crippen LogP contribution in [-0.2, 0) is 0 Å². The third-order valence-corrected chi connectivity index (χ3v) is 3.40. The molecule has 6 nitrogen and oxygen atoms in total. The average molecular weight is 276 g/mol. The highest BCUT2D eigenvalue weighted by molar-refractivity contribution is 5.49. The highest BCUT2D eigenvalue weighted by atomic mass is 15.4. The SMILES string of the molecule is [C-]#[N+]C1=C(C)Nc2nc(C)nn2C1c1ccc(C#N)cc1. The maximum Gasteiger partial charge on any atom is 0.224 e. The molecule has 0 radical (unpaired) electrons. The van der Waals surface area contributed by atoms with Gasteiger partial charge in [0, 0.05) is 5.70 Å². The number of aromatic nitrogens is 3. The van der Waals surface area contributed by atoms with Crippen LogP contribution < -0.4 is 5.32 Å². The monoisotopic (exact) mass is 276 g/mol. The zero-order chi connectivity index (χ0) is 15.0. The fraction of sp³-hybridized carbons (Fsp3) is 0.200. The number of nitrogens with zero attached hydrogens (tertiary/aromatic N) is 5. The number of benzene rings is 1. The van der Waals surface area contributed by atoms with Crippen molar-refractivity contribution in [2.75, 3.05) is 5.32 Å². The second kappa shape index (κ2) is 4.77. The Morgan fingerprint density at radius 2 is 2.05 bits per heavy atom. The summed E-state index contributed by atoms with van der Waals surface area (Å²) in [7, 11) is 0. The number of nitriles is 1. The zero-order valence-corrected chi connectivity index (χ0v) is 11.6. The first-order valence-electron chi connectivity index (χ1n) is 6.42. The molecule has 1 aliphatic rings. The van der Waals surface area contributed by atoms with Crippen molar-refractivity contribution in [2.24, 2.45) is 0 Å². The van der Waals surface area contributed by atoms with Crippen LogP contribution in [0.5, 0.6) is 0 Å². The number of anilines is 1. The van der Waals surface area contributed by atoms with Crippen molar-refractivity contribution in [1.82, 2.24) is 14.8 Å². The summed E-state index contributed by atoms with van der Waals surface area (Å²) in [4.78, 5) is 7.98. The molecule has 0 saturated carbocycles. The van der Waals surface area contributed by atoms with Gasteiger partial charge in [0.05, 0.1) is 18.2 Å². The minimum Gasteiger partial charge on any atom is -0.338 e. The third-order valence-electron chi connectivity index (χ3n) is 3.40. The van der Waals surface area contributed by atoms with Gasteiger partial charge in [-0.3, -0.25) is 0 Å². The molecule has 6 heteroatoms. The van der Waals surface area contributed by atoms with E-state index < -0.39 is 0 Å². The predicted molar refractivity (Wildman–Crippen MR) is 77.0 cm³/mol. The van der Waals surface area contributed by atoms with Crippen LogP contribution in [0.3, 0.4) is 0 Å². The molecule has 102 valence electrons. The van der Waals surface area contributed by atoms with E-state index >= 15 is 0 Å². The Balaban J connectivity index is 2.17. The van der Waals surface area contributed by atoms with Gasteiger partial charge in [0.2, 0.25) is 11.6 Å². The summed E-state index contributed by atoms with van der Waals surface area (Å²) in [5.74, 6) is 1.28. The number of fused-ring (bicyclic) bond motifs is 1. The molecule has 2 heterocycles. The van der Waals surface area contributed by atoms with Crippen LogP contribution in [0.1, 0.15) is 29.9 Å². The Hall–Kier alpha value is -3.12. The molecule has 0 bridgehead atoms. The Bertz CT molecular complexity index is 813. The maximum atomic E-state index is 8.89. The van der Waals surface area contributed by atoms with Crippen molar-refractivity contribution in [2.45, 2.75) is 19.9 Å². The summed E-state index contributed by atoms with van der Waals surface area (Å²) < 4.78 is 1.72. The van der Waals surface area contributed by atoms with Gasteiger partial charge in [0.15, 0.2) is 0 Å². The molecular weight excluding hydrogens is 264 g/mol. The average Bonchev–Trinajstić information content (AvgIpc) is 2.85. The van der Waals surface area contributed by atoms with Gasteiger partial charge in [-0.1, -0.05) is 12.1 Å². The molecule has 3 rings (SSSR count). The van der Waals surface area contributed by atoms with Crippen molar-refractivity contribution in [3.05, 3.63) is 64.0 Å².